The second-order valence-corrected chi connectivity index (χ2v) is 6.95. The zero-order valence-corrected chi connectivity index (χ0v) is 15.2. The molecule has 1 aliphatic heterocycles. The molecule has 138 valence electrons. The maximum Gasteiger partial charge on any atom is 0.286 e. The summed E-state index contributed by atoms with van der Waals surface area (Å²) in [5.74, 6) is -0.399. The van der Waals surface area contributed by atoms with Gasteiger partial charge in [0.15, 0.2) is 5.17 Å². The number of nitro groups is 1. The highest BCUT2D eigenvalue weighted by Crippen LogP contribution is 2.31. The van der Waals surface area contributed by atoms with E-state index in [-0.39, 0.29) is 10.9 Å². The second kappa shape index (κ2) is 7.12. The molecule has 0 saturated heterocycles. The Kier molecular flexibility index (Phi) is 4.50. The van der Waals surface area contributed by atoms with Gasteiger partial charge in [-0.3, -0.25) is 14.9 Å². The van der Waals surface area contributed by atoms with Gasteiger partial charge >= 0.3 is 0 Å². The van der Waals surface area contributed by atoms with Crippen molar-refractivity contribution in [1.82, 2.24) is 9.78 Å². The Balaban J connectivity index is 1.81. The van der Waals surface area contributed by atoms with Crippen LogP contribution in [0.4, 0.5) is 5.69 Å². The monoisotopic (exact) mass is 391 g/mol. The van der Waals surface area contributed by atoms with Crippen molar-refractivity contribution >= 4 is 34.6 Å². The summed E-state index contributed by atoms with van der Waals surface area (Å²) in [6, 6.07) is 15.6. The van der Waals surface area contributed by atoms with E-state index in [0.717, 1.165) is 17.4 Å². The Morgan fingerprint density at radius 2 is 1.82 bits per heavy atom. The standard InChI is InChI=1S/C19H13N5O3S/c20-19-21-18(25)16(28-19)10-13-11-23(14-4-2-1-3-5-14)22-17(13)12-6-8-15(9-7-12)24(26)27/h1-11H,(H2,20,21,25)/b16-10-. The lowest BCUT2D eigenvalue weighted by Gasteiger charge is -2.01. The van der Waals surface area contributed by atoms with Crippen LogP contribution in [0.25, 0.3) is 23.0 Å². The highest BCUT2D eigenvalue weighted by Gasteiger charge is 2.21. The van der Waals surface area contributed by atoms with Crippen LogP contribution in [0, 0.1) is 10.1 Å². The minimum Gasteiger partial charge on any atom is -0.378 e. The van der Waals surface area contributed by atoms with E-state index < -0.39 is 10.8 Å². The number of aliphatic imine (C=N–C) groups is 1. The van der Waals surface area contributed by atoms with Gasteiger partial charge in [-0.05, 0) is 42.1 Å². The summed E-state index contributed by atoms with van der Waals surface area (Å²) in [5, 5.41) is 15.7. The molecule has 1 aromatic heterocycles. The Hall–Kier alpha value is -3.72. The largest absolute Gasteiger partial charge is 0.378 e. The van der Waals surface area contributed by atoms with Crippen molar-refractivity contribution in [3.05, 3.63) is 81.4 Å². The number of amides is 1. The maximum absolute atomic E-state index is 12.0. The van der Waals surface area contributed by atoms with Crippen LogP contribution in [0.1, 0.15) is 5.56 Å². The molecule has 1 aliphatic rings. The van der Waals surface area contributed by atoms with Crippen LogP contribution in [0.5, 0.6) is 0 Å². The fourth-order valence-corrected chi connectivity index (χ4v) is 3.41. The number of benzene rings is 2. The van der Waals surface area contributed by atoms with E-state index in [0.29, 0.717) is 21.7 Å². The topological polar surface area (TPSA) is 116 Å². The second-order valence-electron chi connectivity index (χ2n) is 5.88. The van der Waals surface area contributed by atoms with Crippen LogP contribution >= 0.6 is 11.8 Å². The lowest BCUT2D eigenvalue weighted by Crippen LogP contribution is -2.01. The molecule has 2 aromatic carbocycles. The molecule has 0 unspecified atom stereocenters. The van der Waals surface area contributed by atoms with Gasteiger partial charge in [0, 0.05) is 29.5 Å². The number of non-ortho nitro benzene ring substituents is 1. The van der Waals surface area contributed by atoms with Crippen molar-refractivity contribution in [1.29, 1.82) is 0 Å². The molecule has 28 heavy (non-hydrogen) atoms. The lowest BCUT2D eigenvalue weighted by atomic mass is 10.1. The fourth-order valence-electron chi connectivity index (χ4n) is 2.74. The van der Waals surface area contributed by atoms with Crippen LogP contribution in [-0.2, 0) is 4.79 Å². The predicted octanol–water partition coefficient (Wildman–Crippen LogP) is 3.38. The van der Waals surface area contributed by atoms with Gasteiger partial charge in [-0.25, -0.2) is 4.68 Å². The van der Waals surface area contributed by atoms with E-state index in [2.05, 4.69) is 10.1 Å². The van der Waals surface area contributed by atoms with E-state index in [1.54, 1.807) is 29.1 Å². The number of carbonyl (C=O) groups excluding carboxylic acids is 1. The number of amidine groups is 1. The van der Waals surface area contributed by atoms with Crippen LogP contribution in [0.15, 0.2) is 70.7 Å². The molecule has 9 heteroatoms. The molecule has 3 aromatic rings. The SMILES string of the molecule is NC1=NC(=O)/C(=C/c2cn(-c3ccccc3)nc2-c2ccc([N+](=O)[O-])cc2)S1. The molecule has 0 fully saturated rings. The first-order chi connectivity index (χ1) is 13.5. The van der Waals surface area contributed by atoms with Crippen LogP contribution in [0.3, 0.4) is 0 Å². The Labute approximate surface area is 163 Å². The zero-order chi connectivity index (χ0) is 19.7. The number of hydrogen-bond acceptors (Lipinski definition) is 6. The molecule has 0 spiro atoms. The molecular formula is C19H13N5O3S. The molecule has 2 N–H and O–H groups in total. The molecule has 0 aliphatic carbocycles. The fraction of sp³-hybridized carbons (Fsp3) is 0. The van der Waals surface area contributed by atoms with E-state index in [4.69, 9.17) is 5.73 Å². The Bertz CT molecular complexity index is 1130. The maximum atomic E-state index is 12.0. The minimum atomic E-state index is -0.455. The molecule has 0 radical (unpaired) electrons. The molecule has 1 amide bonds. The molecule has 2 heterocycles. The third-order valence-corrected chi connectivity index (χ3v) is 4.85. The zero-order valence-electron chi connectivity index (χ0n) is 14.4. The molecule has 0 bridgehead atoms. The number of nitrogens with two attached hydrogens (primary N) is 1. The van der Waals surface area contributed by atoms with Crippen molar-refractivity contribution in [3.63, 3.8) is 0 Å². The molecular weight excluding hydrogens is 378 g/mol. The summed E-state index contributed by atoms with van der Waals surface area (Å²) >= 11 is 1.10. The predicted molar refractivity (Wildman–Crippen MR) is 108 cm³/mol. The average molecular weight is 391 g/mol. The highest BCUT2D eigenvalue weighted by molar-refractivity contribution is 8.18. The lowest BCUT2D eigenvalue weighted by molar-refractivity contribution is -0.384. The first-order valence-electron chi connectivity index (χ1n) is 8.19. The number of para-hydroxylation sites is 1. The first-order valence-corrected chi connectivity index (χ1v) is 9.01. The van der Waals surface area contributed by atoms with Crippen molar-refractivity contribution in [2.24, 2.45) is 10.7 Å². The van der Waals surface area contributed by atoms with Gasteiger partial charge < -0.3 is 5.73 Å². The first kappa shape index (κ1) is 17.7. The van der Waals surface area contributed by atoms with Crippen molar-refractivity contribution in [2.45, 2.75) is 0 Å². The van der Waals surface area contributed by atoms with Crippen LogP contribution in [0.2, 0.25) is 0 Å². The summed E-state index contributed by atoms with van der Waals surface area (Å²) in [6.07, 6.45) is 3.47. The van der Waals surface area contributed by atoms with Gasteiger partial charge in [-0.15, -0.1) is 0 Å². The van der Waals surface area contributed by atoms with Crippen molar-refractivity contribution in [3.8, 4) is 16.9 Å². The van der Waals surface area contributed by atoms with Crippen LogP contribution < -0.4 is 5.73 Å². The normalized spacial score (nSPS) is 15.1. The van der Waals surface area contributed by atoms with Gasteiger partial charge in [0.05, 0.1) is 21.2 Å². The van der Waals surface area contributed by atoms with Crippen molar-refractivity contribution < 1.29 is 9.72 Å². The summed E-state index contributed by atoms with van der Waals surface area (Å²) in [5.41, 5.74) is 8.42. The Morgan fingerprint density at radius 1 is 1.11 bits per heavy atom. The summed E-state index contributed by atoms with van der Waals surface area (Å²) < 4.78 is 1.69. The number of thioether (sulfide) groups is 1. The third-order valence-electron chi connectivity index (χ3n) is 4.04. The van der Waals surface area contributed by atoms with E-state index >= 15 is 0 Å². The average Bonchev–Trinajstić information content (AvgIpc) is 3.25. The van der Waals surface area contributed by atoms with Gasteiger partial charge in [0.1, 0.15) is 0 Å². The summed E-state index contributed by atoms with van der Waals surface area (Å²) in [6.45, 7) is 0. The van der Waals surface area contributed by atoms with Gasteiger partial charge in [0.2, 0.25) is 0 Å². The minimum absolute atomic E-state index is 0.00570. The quantitative estimate of drug-likeness (QED) is 0.414. The van der Waals surface area contributed by atoms with E-state index in [1.165, 1.54) is 12.1 Å². The van der Waals surface area contributed by atoms with Gasteiger partial charge in [-0.2, -0.15) is 10.1 Å². The van der Waals surface area contributed by atoms with E-state index in [1.807, 2.05) is 30.3 Å². The number of aromatic nitrogens is 2. The number of nitro benzene ring substituents is 1. The molecule has 0 saturated carbocycles. The smallest absolute Gasteiger partial charge is 0.286 e. The Morgan fingerprint density at radius 3 is 2.43 bits per heavy atom. The molecule has 0 atom stereocenters. The van der Waals surface area contributed by atoms with Crippen LogP contribution in [-0.4, -0.2) is 25.8 Å². The number of carbonyl (C=O) groups is 1. The summed E-state index contributed by atoms with van der Waals surface area (Å²) in [7, 11) is 0. The van der Waals surface area contributed by atoms with Gasteiger partial charge in [-0.1, -0.05) is 18.2 Å². The highest BCUT2D eigenvalue weighted by atomic mass is 32.2. The number of hydrogen-bond donors (Lipinski definition) is 1. The third kappa shape index (κ3) is 3.42. The number of nitrogens with zero attached hydrogens (tertiary/aromatic N) is 4. The van der Waals surface area contributed by atoms with Crippen molar-refractivity contribution in [2.75, 3.05) is 0 Å². The number of rotatable bonds is 4. The molecule has 8 nitrogen and oxygen atoms in total. The summed E-state index contributed by atoms with van der Waals surface area (Å²) in [4.78, 5) is 26.5. The molecule has 4 rings (SSSR count). The van der Waals surface area contributed by atoms with E-state index in [9.17, 15) is 14.9 Å². The van der Waals surface area contributed by atoms with Gasteiger partial charge in [0.25, 0.3) is 11.6 Å².